The van der Waals surface area contributed by atoms with Gasteiger partial charge in [0.05, 0.1) is 11.3 Å². The summed E-state index contributed by atoms with van der Waals surface area (Å²) in [4.78, 5) is 37.0. The smallest absolute Gasteiger partial charge is 0.250 e. The Morgan fingerprint density at radius 3 is 2.35 bits per heavy atom. The number of hydrogen-bond acceptors (Lipinski definition) is 4. The Hall–Kier alpha value is -2.17. The van der Waals surface area contributed by atoms with Gasteiger partial charge in [-0.15, -0.1) is 0 Å². The molecule has 0 atom stereocenters. The van der Waals surface area contributed by atoms with Gasteiger partial charge in [-0.25, -0.2) is 0 Å². The van der Waals surface area contributed by atoms with Crippen molar-refractivity contribution in [3.8, 4) is 0 Å². The highest BCUT2D eigenvalue weighted by Gasteiger charge is 2.28. The van der Waals surface area contributed by atoms with Crippen molar-refractivity contribution in [1.29, 1.82) is 0 Å². The first kappa shape index (κ1) is 11.3. The molecule has 0 unspecified atom stereocenters. The number of carbonyl (C=O) groups excluding carboxylic acids is 2. The van der Waals surface area contributed by atoms with E-state index in [1.807, 2.05) is 0 Å². The Bertz CT molecular complexity index is 609. The number of rotatable bonds is 1. The molecule has 0 fully saturated rings. The molecule has 1 aromatic heterocycles. The summed E-state index contributed by atoms with van der Waals surface area (Å²) < 4.78 is 1.21. The molecule has 2 rings (SSSR count). The van der Waals surface area contributed by atoms with Gasteiger partial charge in [0.25, 0.3) is 5.56 Å². The van der Waals surface area contributed by atoms with E-state index in [2.05, 4.69) is 0 Å². The molecule has 5 heteroatoms. The number of aromatic nitrogens is 1. The van der Waals surface area contributed by atoms with E-state index in [4.69, 9.17) is 0 Å². The zero-order valence-corrected chi connectivity index (χ0v) is 9.85. The average Bonchev–Trinajstić information content (AvgIpc) is 2.26. The number of likely N-dealkylation sites (N-methyl/N-ethyl adjacent to an activating group) is 1. The molecule has 0 saturated heterocycles. The minimum Gasteiger partial charge on any atom is -0.374 e. The van der Waals surface area contributed by atoms with Crippen molar-refractivity contribution in [2.45, 2.75) is 0 Å². The molecule has 0 aliphatic heterocycles. The van der Waals surface area contributed by atoms with Crippen molar-refractivity contribution in [2.24, 2.45) is 7.05 Å². The predicted molar refractivity (Wildman–Crippen MR) is 62.1 cm³/mol. The third kappa shape index (κ3) is 1.60. The number of pyridine rings is 1. The Kier molecular flexibility index (Phi) is 2.46. The summed E-state index contributed by atoms with van der Waals surface area (Å²) in [6.45, 7) is 0. The minimum absolute atomic E-state index is 0.160. The lowest BCUT2D eigenvalue weighted by molar-refractivity contribution is 0.0956. The second-order valence-corrected chi connectivity index (χ2v) is 4.11. The molecule has 0 bridgehead atoms. The molecular formula is C12H12N2O3. The summed E-state index contributed by atoms with van der Waals surface area (Å²) in [7, 11) is 4.88. The topological polar surface area (TPSA) is 59.4 Å². The van der Waals surface area contributed by atoms with Gasteiger partial charge in [0.15, 0.2) is 0 Å². The maximum atomic E-state index is 12.1. The number of allylic oxidation sites excluding steroid dienone is 2. The van der Waals surface area contributed by atoms with Crippen LogP contribution >= 0.6 is 0 Å². The zero-order chi connectivity index (χ0) is 12.7. The van der Waals surface area contributed by atoms with E-state index in [0.717, 1.165) is 0 Å². The monoisotopic (exact) mass is 232 g/mol. The molecule has 17 heavy (non-hydrogen) atoms. The van der Waals surface area contributed by atoms with Gasteiger partial charge < -0.3 is 9.47 Å². The van der Waals surface area contributed by atoms with Crippen molar-refractivity contribution < 1.29 is 9.59 Å². The van der Waals surface area contributed by atoms with Crippen molar-refractivity contribution in [1.82, 2.24) is 9.47 Å². The van der Waals surface area contributed by atoms with E-state index in [9.17, 15) is 14.4 Å². The second-order valence-electron chi connectivity index (χ2n) is 4.11. The Labute approximate surface area is 98.0 Å². The molecule has 5 nitrogen and oxygen atoms in total. The van der Waals surface area contributed by atoms with E-state index in [1.54, 1.807) is 19.0 Å². The van der Waals surface area contributed by atoms with Crippen LogP contribution in [0.1, 0.15) is 20.8 Å². The van der Waals surface area contributed by atoms with E-state index in [-0.39, 0.29) is 28.4 Å². The molecule has 0 amide bonds. The van der Waals surface area contributed by atoms with E-state index < -0.39 is 0 Å². The van der Waals surface area contributed by atoms with Gasteiger partial charge in [-0.1, -0.05) is 0 Å². The van der Waals surface area contributed by atoms with Crippen molar-refractivity contribution in [3.05, 3.63) is 45.5 Å². The zero-order valence-electron chi connectivity index (χ0n) is 9.85. The molecular weight excluding hydrogens is 220 g/mol. The van der Waals surface area contributed by atoms with Gasteiger partial charge in [-0.2, -0.15) is 0 Å². The molecule has 0 N–H and O–H groups in total. The number of nitrogens with zero attached hydrogens (tertiary/aromatic N) is 2. The van der Waals surface area contributed by atoms with Gasteiger partial charge in [-0.05, 0) is 6.07 Å². The van der Waals surface area contributed by atoms with E-state index in [1.165, 1.54) is 29.8 Å². The molecule has 0 radical (unpaired) electrons. The summed E-state index contributed by atoms with van der Waals surface area (Å²) in [5.41, 5.74) is 0.476. The minimum atomic E-state index is -0.316. The van der Waals surface area contributed by atoms with Crippen LogP contribution in [0.2, 0.25) is 0 Å². The summed E-state index contributed by atoms with van der Waals surface area (Å²) in [5.74, 6) is -0.552. The second kappa shape index (κ2) is 3.69. The highest BCUT2D eigenvalue weighted by atomic mass is 16.1. The summed E-state index contributed by atoms with van der Waals surface area (Å²) >= 11 is 0. The highest BCUT2D eigenvalue weighted by molar-refractivity contribution is 6.23. The molecule has 88 valence electrons. The molecule has 0 aromatic carbocycles. The largest absolute Gasteiger partial charge is 0.374 e. The fourth-order valence-corrected chi connectivity index (χ4v) is 1.85. The van der Waals surface area contributed by atoms with E-state index in [0.29, 0.717) is 5.70 Å². The summed E-state index contributed by atoms with van der Waals surface area (Å²) in [6.07, 6.45) is 1.27. The lowest BCUT2D eigenvalue weighted by atomic mass is 9.96. The average molecular weight is 232 g/mol. The van der Waals surface area contributed by atoms with Crippen LogP contribution in [-0.2, 0) is 7.05 Å². The number of fused-ring (bicyclic) bond motifs is 1. The third-order valence-electron chi connectivity index (χ3n) is 2.77. The standard InChI is InChI=1S/C12H12N2O3/c1-13(2)8-6-9(15)11-7(12(8)17)4-5-10(16)14(11)3/h4-6H,1-3H3. The number of Topliss-reactive ketones (excluding diaryl/α,β-unsaturated/α-hetero) is 1. The quantitative estimate of drug-likeness (QED) is 0.694. The fraction of sp³-hybridized carbons (Fsp3) is 0.250. The van der Waals surface area contributed by atoms with Crippen molar-refractivity contribution in [2.75, 3.05) is 14.1 Å². The predicted octanol–water partition coefficient (Wildman–Crippen LogP) is 0.210. The number of carbonyl (C=O) groups is 2. The maximum Gasteiger partial charge on any atom is 0.250 e. The van der Waals surface area contributed by atoms with Crippen LogP contribution in [0, 0.1) is 0 Å². The molecule has 0 spiro atoms. The first-order valence-corrected chi connectivity index (χ1v) is 5.11. The molecule has 1 aromatic rings. The molecule has 1 heterocycles. The normalized spacial score (nSPS) is 14.4. The van der Waals surface area contributed by atoms with Gasteiger partial charge in [-0.3, -0.25) is 14.4 Å². The van der Waals surface area contributed by atoms with Crippen LogP contribution in [0.4, 0.5) is 0 Å². The van der Waals surface area contributed by atoms with Crippen LogP contribution < -0.4 is 5.56 Å². The first-order valence-electron chi connectivity index (χ1n) is 5.11. The lowest BCUT2D eigenvalue weighted by Crippen LogP contribution is -2.32. The Balaban J connectivity index is 2.72. The number of hydrogen-bond donors (Lipinski definition) is 0. The van der Waals surface area contributed by atoms with Crippen LogP contribution in [-0.4, -0.2) is 35.1 Å². The SMILES string of the molecule is CN(C)C1=CC(=O)c2c(ccc(=O)n2C)C1=O. The van der Waals surface area contributed by atoms with Gasteiger partial charge in [0, 0.05) is 33.3 Å². The van der Waals surface area contributed by atoms with Crippen molar-refractivity contribution >= 4 is 11.6 Å². The molecule has 0 saturated carbocycles. The Morgan fingerprint density at radius 1 is 1.12 bits per heavy atom. The number of ketones is 2. The summed E-state index contributed by atoms with van der Waals surface area (Å²) in [6, 6.07) is 2.71. The highest BCUT2D eigenvalue weighted by Crippen LogP contribution is 2.20. The van der Waals surface area contributed by atoms with Gasteiger partial charge in [0.1, 0.15) is 5.69 Å². The third-order valence-corrected chi connectivity index (χ3v) is 2.77. The van der Waals surface area contributed by atoms with Crippen LogP contribution in [0.15, 0.2) is 28.7 Å². The lowest BCUT2D eigenvalue weighted by Gasteiger charge is -2.21. The first-order chi connectivity index (χ1) is 7.93. The van der Waals surface area contributed by atoms with Crippen LogP contribution in [0.3, 0.4) is 0 Å². The van der Waals surface area contributed by atoms with Crippen molar-refractivity contribution in [3.63, 3.8) is 0 Å². The van der Waals surface area contributed by atoms with Gasteiger partial charge in [0.2, 0.25) is 11.6 Å². The van der Waals surface area contributed by atoms with Crippen LogP contribution in [0.5, 0.6) is 0 Å². The Morgan fingerprint density at radius 2 is 1.76 bits per heavy atom. The summed E-state index contributed by atoms with van der Waals surface area (Å²) in [5, 5.41) is 0. The van der Waals surface area contributed by atoms with E-state index >= 15 is 0 Å². The molecule has 1 aliphatic rings. The fourth-order valence-electron chi connectivity index (χ4n) is 1.85. The molecule has 1 aliphatic carbocycles. The van der Waals surface area contributed by atoms with Crippen LogP contribution in [0.25, 0.3) is 0 Å². The maximum absolute atomic E-state index is 12.1. The van der Waals surface area contributed by atoms with Gasteiger partial charge >= 0.3 is 0 Å².